The molecule has 132 valence electrons. The molecule has 0 aromatic heterocycles. The number of aldehydes is 1. The van der Waals surface area contributed by atoms with Crippen molar-refractivity contribution in [1.29, 1.82) is 0 Å². The lowest BCUT2D eigenvalue weighted by Gasteiger charge is -2.35. The first-order valence-electron chi connectivity index (χ1n) is 8.39. The smallest absolute Gasteiger partial charge is 0.411 e. The highest BCUT2D eigenvalue weighted by Gasteiger charge is 2.31. The van der Waals surface area contributed by atoms with Gasteiger partial charge in [-0.3, -0.25) is 4.90 Å². The Balaban J connectivity index is 5.59. The zero-order valence-electron chi connectivity index (χ0n) is 16.0. The molecule has 0 radical (unpaired) electrons. The Hall–Kier alpha value is -1.28. The molecule has 0 heterocycles. The van der Waals surface area contributed by atoms with Crippen LogP contribution in [0.4, 0.5) is 4.79 Å². The van der Waals surface area contributed by atoms with E-state index in [-0.39, 0.29) is 18.5 Å². The lowest BCUT2D eigenvalue weighted by Crippen LogP contribution is -2.48. The van der Waals surface area contributed by atoms with Crippen molar-refractivity contribution in [2.24, 2.45) is 0 Å². The van der Waals surface area contributed by atoms with E-state index >= 15 is 0 Å². The summed E-state index contributed by atoms with van der Waals surface area (Å²) in [7, 11) is -1.54. The number of carbonyl (C=O) groups excluding carboxylic acids is 2. The first-order valence-corrected chi connectivity index (χ1v) is 11.9. The zero-order chi connectivity index (χ0) is 18.3. The highest BCUT2D eigenvalue weighted by atomic mass is 28.3. The van der Waals surface area contributed by atoms with Crippen molar-refractivity contribution >= 4 is 20.5 Å². The van der Waals surface area contributed by atoms with Gasteiger partial charge in [0.1, 0.15) is 20.0 Å². The van der Waals surface area contributed by atoms with Gasteiger partial charge in [-0.25, -0.2) is 4.79 Å². The van der Waals surface area contributed by atoms with Crippen LogP contribution in [-0.2, 0) is 9.53 Å². The first-order chi connectivity index (χ1) is 10.4. The molecule has 0 aromatic carbocycles. The molecular formula is C18H33NO3Si. The van der Waals surface area contributed by atoms with Crippen LogP contribution < -0.4 is 0 Å². The normalized spacial score (nSPS) is 14.3. The second kappa shape index (κ2) is 9.12. The maximum atomic E-state index is 12.6. The molecule has 0 aliphatic rings. The van der Waals surface area contributed by atoms with Crippen LogP contribution >= 0.6 is 0 Å². The maximum Gasteiger partial charge on any atom is 0.411 e. The maximum absolute atomic E-state index is 12.6. The highest BCUT2D eigenvalue weighted by molar-refractivity contribution is 6.83. The fourth-order valence-electron chi connectivity index (χ4n) is 2.04. The minimum absolute atomic E-state index is 0.212. The Morgan fingerprint density at radius 2 is 1.87 bits per heavy atom. The van der Waals surface area contributed by atoms with E-state index in [0.717, 1.165) is 19.1 Å². The van der Waals surface area contributed by atoms with E-state index in [9.17, 15) is 9.59 Å². The Bertz CT molecular complexity index is 452. The Morgan fingerprint density at radius 1 is 1.30 bits per heavy atom. The van der Waals surface area contributed by atoms with Gasteiger partial charge in [0, 0.05) is 12.5 Å². The molecule has 0 spiro atoms. The van der Waals surface area contributed by atoms with Gasteiger partial charge in [0.05, 0.1) is 6.04 Å². The number of carbonyl (C=O) groups is 2. The van der Waals surface area contributed by atoms with Crippen molar-refractivity contribution in [1.82, 2.24) is 4.90 Å². The first kappa shape index (κ1) is 21.7. The molecule has 0 N–H and O–H groups in total. The second-order valence-corrected chi connectivity index (χ2v) is 12.7. The van der Waals surface area contributed by atoms with E-state index in [0.29, 0.717) is 0 Å². The SMILES string of the molecule is CCC[C@H](C#C[Si](C)(C)C)N(C(=O)OC(C)(C)C)[C@@H](C)CC=O. The molecule has 0 rings (SSSR count). The van der Waals surface area contributed by atoms with Crippen molar-refractivity contribution in [3.05, 3.63) is 0 Å². The van der Waals surface area contributed by atoms with Crippen LogP contribution in [0.25, 0.3) is 0 Å². The van der Waals surface area contributed by atoms with Crippen molar-refractivity contribution in [2.45, 2.75) is 91.2 Å². The quantitative estimate of drug-likeness (QED) is 0.413. The van der Waals surface area contributed by atoms with Gasteiger partial charge in [-0.05, 0) is 34.1 Å². The van der Waals surface area contributed by atoms with Crippen LogP contribution in [0.15, 0.2) is 0 Å². The third-order valence-corrected chi connectivity index (χ3v) is 3.92. The third kappa shape index (κ3) is 9.45. The highest BCUT2D eigenvalue weighted by Crippen LogP contribution is 2.18. The van der Waals surface area contributed by atoms with E-state index in [2.05, 4.69) is 38.0 Å². The molecule has 0 aliphatic carbocycles. The zero-order valence-corrected chi connectivity index (χ0v) is 17.0. The van der Waals surface area contributed by atoms with E-state index < -0.39 is 19.8 Å². The van der Waals surface area contributed by atoms with Crippen LogP contribution in [0.3, 0.4) is 0 Å². The van der Waals surface area contributed by atoms with E-state index in [1.807, 2.05) is 27.7 Å². The minimum Gasteiger partial charge on any atom is -0.444 e. The van der Waals surface area contributed by atoms with Crippen molar-refractivity contribution < 1.29 is 14.3 Å². The van der Waals surface area contributed by atoms with Gasteiger partial charge in [0.2, 0.25) is 0 Å². The number of hydrogen-bond acceptors (Lipinski definition) is 3. The average molecular weight is 340 g/mol. The molecule has 0 fully saturated rings. The molecule has 4 nitrogen and oxygen atoms in total. The summed E-state index contributed by atoms with van der Waals surface area (Å²) < 4.78 is 5.54. The van der Waals surface area contributed by atoms with Gasteiger partial charge in [0.25, 0.3) is 0 Å². The van der Waals surface area contributed by atoms with Gasteiger partial charge >= 0.3 is 6.09 Å². The average Bonchev–Trinajstić information content (AvgIpc) is 2.33. The number of nitrogens with zero attached hydrogens (tertiary/aromatic N) is 1. The lowest BCUT2D eigenvalue weighted by molar-refractivity contribution is -0.108. The second-order valence-electron chi connectivity index (χ2n) is 7.96. The van der Waals surface area contributed by atoms with E-state index in [1.165, 1.54) is 0 Å². The summed E-state index contributed by atoms with van der Waals surface area (Å²) in [6.07, 6.45) is 2.43. The van der Waals surface area contributed by atoms with Gasteiger partial charge in [0.15, 0.2) is 0 Å². The van der Waals surface area contributed by atoms with Crippen LogP contribution in [0.5, 0.6) is 0 Å². The Labute approximate surface area is 143 Å². The summed E-state index contributed by atoms with van der Waals surface area (Å²) in [5.74, 6) is 3.29. The van der Waals surface area contributed by atoms with Crippen molar-refractivity contribution in [3.8, 4) is 11.5 Å². The molecule has 0 bridgehead atoms. The summed E-state index contributed by atoms with van der Waals surface area (Å²) in [6.45, 7) is 16.0. The topological polar surface area (TPSA) is 46.6 Å². The Morgan fingerprint density at radius 3 is 2.26 bits per heavy atom. The molecule has 5 heteroatoms. The molecule has 1 amide bonds. The molecule has 0 aliphatic heterocycles. The van der Waals surface area contributed by atoms with E-state index in [4.69, 9.17) is 4.74 Å². The third-order valence-electron chi connectivity index (χ3n) is 3.03. The van der Waals surface area contributed by atoms with Crippen molar-refractivity contribution in [2.75, 3.05) is 0 Å². The molecular weight excluding hydrogens is 306 g/mol. The standard InChI is InChI=1S/C18H33NO3Si/c1-9-10-16(12-14-23(6,7)8)19(15(2)11-13-20)17(21)22-18(3,4)5/h13,15-16H,9-11H2,1-8H3/t15-,16+/m0/s1. The molecule has 0 unspecified atom stereocenters. The summed E-state index contributed by atoms with van der Waals surface area (Å²) in [4.78, 5) is 25.2. The predicted molar refractivity (Wildman–Crippen MR) is 98.0 cm³/mol. The molecule has 2 atom stereocenters. The van der Waals surface area contributed by atoms with Gasteiger partial charge in [-0.15, -0.1) is 5.54 Å². The van der Waals surface area contributed by atoms with Gasteiger partial charge in [-0.2, -0.15) is 0 Å². The lowest BCUT2D eigenvalue weighted by atomic mass is 10.1. The van der Waals surface area contributed by atoms with Crippen LogP contribution in [-0.4, -0.2) is 43.0 Å². The van der Waals surface area contributed by atoms with Gasteiger partial charge in [-0.1, -0.05) is 38.9 Å². The number of hydrogen-bond donors (Lipinski definition) is 0. The van der Waals surface area contributed by atoms with Crippen LogP contribution in [0, 0.1) is 11.5 Å². The summed E-state index contributed by atoms with van der Waals surface area (Å²) in [6, 6.07) is -0.439. The summed E-state index contributed by atoms with van der Waals surface area (Å²) >= 11 is 0. The fraction of sp³-hybridized carbons (Fsp3) is 0.778. The van der Waals surface area contributed by atoms with Crippen LogP contribution in [0.1, 0.15) is 53.9 Å². The van der Waals surface area contributed by atoms with Crippen LogP contribution in [0.2, 0.25) is 19.6 Å². The summed E-state index contributed by atoms with van der Waals surface area (Å²) in [5, 5.41) is 0. The monoisotopic (exact) mass is 339 g/mol. The molecule has 0 saturated heterocycles. The van der Waals surface area contributed by atoms with Gasteiger partial charge < -0.3 is 9.53 Å². The number of rotatable bonds is 6. The van der Waals surface area contributed by atoms with Crippen molar-refractivity contribution in [3.63, 3.8) is 0 Å². The molecule has 0 aromatic rings. The molecule has 0 saturated carbocycles. The van der Waals surface area contributed by atoms with E-state index in [1.54, 1.807) is 4.90 Å². The Kier molecular flexibility index (Phi) is 8.61. The largest absolute Gasteiger partial charge is 0.444 e. The number of amides is 1. The predicted octanol–water partition coefficient (Wildman–Crippen LogP) is 4.25. The fourth-order valence-corrected chi connectivity index (χ4v) is 2.64. The number of ether oxygens (including phenoxy) is 1. The molecule has 23 heavy (non-hydrogen) atoms. The minimum atomic E-state index is -1.54. The summed E-state index contributed by atoms with van der Waals surface area (Å²) in [5.41, 5.74) is 2.78.